The van der Waals surface area contributed by atoms with Gasteiger partial charge in [-0.1, -0.05) is 22.0 Å². The molecule has 0 aliphatic heterocycles. The van der Waals surface area contributed by atoms with E-state index in [0.717, 1.165) is 0 Å². The summed E-state index contributed by atoms with van der Waals surface area (Å²) in [6.45, 7) is 0. The Morgan fingerprint density at radius 1 is 1.14 bits per heavy atom. The number of halogens is 2. The number of rotatable bonds is 5. The van der Waals surface area contributed by atoms with Crippen molar-refractivity contribution in [3.05, 3.63) is 57.8 Å². The summed E-state index contributed by atoms with van der Waals surface area (Å²) in [5.74, 6) is 0.294. The molecule has 0 aliphatic rings. The van der Waals surface area contributed by atoms with Crippen molar-refractivity contribution in [3.63, 3.8) is 0 Å². The number of carbonyl (C=O) groups is 1. The smallest absolute Gasteiger partial charge is 0.174 e. The lowest BCUT2D eigenvalue weighted by Crippen LogP contribution is -2.08. The predicted octanol–water partition coefficient (Wildman–Crippen LogP) is 4.03. The molecule has 110 valence electrons. The van der Waals surface area contributed by atoms with Crippen molar-refractivity contribution < 1.29 is 18.7 Å². The molecule has 0 saturated heterocycles. The van der Waals surface area contributed by atoms with Crippen LogP contribution in [0.3, 0.4) is 0 Å². The molecule has 0 atom stereocenters. The summed E-state index contributed by atoms with van der Waals surface area (Å²) >= 11 is 3.32. The Bertz CT molecular complexity index is 648. The Morgan fingerprint density at radius 2 is 1.76 bits per heavy atom. The van der Waals surface area contributed by atoms with Crippen LogP contribution in [-0.4, -0.2) is 20.0 Å². The first kappa shape index (κ1) is 15.5. The van der Waals surface area contributed by atoms with Crippen LogP contribution in [0.1, 0.15) is 15.9 Å². The first-order chi connectivity index (χ1) is 10.1. The number of methoxy groups -OCH3 is 2. The van der Waals surface area contributed by atoms with Crippen molar-refractivity contribution in [1.82, 2.24) is 0 Å². The molecule has 21 heavy (non-hydrogen) atoms. The van der Waals surface area contributed by atoms with Crippen molar-refractivity contribution in [3.8, 4) is 11.5 Å². The number of Topliss-reactive ketones (excluding diaryl/α,β-unsaturated/α-hetero) is 1. The highest BCUT2D eigenvalue weighted by Crippen LogP contribution is 2.30. The third-order valence-corrected chi connectivity index (χ3v) is 3.84. The van der Waals surface area contributed by atoms with E-state index in [1.54, 1.807) is 24.3 Å². The average Bonchev–Trinajstić information content (AvgIpc) is 2.49. The van der Waals surface area contributed by atoms with Crippen LogP contribution in [0.2, 0.25) is 0 Å². The third kappa shape index (κ3) is 3.42. The topological polar surface area (TPSA) is 35.5 Å². The van der Waals surface area contributed by atoms with Crippen LogP contribution in [0.5, 0.6) is 11.5 Å². The highest BCUT2D eigenvalue weighted by Gasteiger charge is 2.19. The standard InChI is InChI=1S/C16H14BrFO3/c1-20-14-4-3-5-15(21-2)16(14)13(19)9-10-8-11(18)6-7-12(10)17/h3-8H,9H2,1-2H3. The molecule has 2 rings (SSSR count). The van der Waals surface area contributed by atoms with Crippen molar-refractivity contribution in [2.75, 3.05) is 14.2 Å². The predicted molar refractivity (Wildman–Crippen MR) is 81.7 cm³/mol. The maximum atomic E-state index is 13.3. The van der Waals surface area contributed by atoms with Crippen LogP contribution in [0.4, 0.5) is 4.39 Å². The van der Waals surface area contributed by atoms with E-state index in [4.69, 9.17) is 9.47 Å². The lowest BCUT2D eigenvalue weighted by molar-refractivity contribution is 0.0986. The van der Waals surface area contributed by atoms with Crippen LogP contribution in [0, 0.1) is 5.82 Å². The molecule has 0 heterocycles. The Kier molecular flexibility index (Phi) is 4.96. The second kappa shape index (κ2) is 6.72. The molecule has 5 heteroatoms. The summed E-state index contributed by atoms with van der Waals surface area (Å²) < 4.78 is 24.4. The maximum Gasteiger partial charge on any atom is 0.174 e. The van der Waals surface area contributed by atoms with Crippen LogP contribution in [0.15, 0.2) is 40.9 Å². The SMILES string of the molecule is COc1cccc(OC)c1C(=O)Cc1cc(F)ccc1Br. The summed E-state index contributed by atoms with van der Waals surface area (Å²) in [4.78, 5) is 12.5. The number of hydrogen-bond acceptors (Lipinski definition) is 3. The summed E-state index contributed by atoms with van der Waals surface area (Å²) in [5, 5.41) is 0. The van der Waals surface area contributed by atoms with E-state index >= 15 is 0 Å². The largest absolute Gasteiger partial charge is 0.496 e. The minimum atomic E-state index is -0.381. The molecular formula is C16H14BrFO3. The molecular weight excluding hydrogens is 339 g/mol. The average molecular weight is 353 g/mol. The number of hydrogen-bond donors (Lipinski definition) is 0. The molecule has 0 aliphatic carbocycles. The van der Waals surface area contributed by atoms with Crippen molar-refractivity contribution in [1.29, 1.82) is 0 Å². The molecule has 2 aromatic carbocycles. The third-order valence-electron chi connectivity index (χ3n) is 3.07. The van der Waals surface area contributed by atoms with E-state index in [1.165, 1.54) is 26.4 Å². The van der Waals surface area contributed by atoms with Crippen LogP contribution in [-0.2, 0) is 6.42 Å². The Hall–Kier alpha value is -1.88. The van der Waals surface area contributed by atoms with Gasteiger partial charge in [0.15, 0.2) is 5.78 Å². The zero-order chi connectivity index (χ0) is 15.4. The molecule has 3 nitrogen and oxygen atoms in total. The van der Waals surface area contributed by atoms with Gasteiger partial charge in [0.1, 0.15) is 22.9 Å². The van der Waals surface area contributed by atoms with E-state index in [2.05, 4.69) is 15.9 Å². The summed E-state index contributed by atoms with van der Waals surface area (Å²) in [6, 6.07) is 9.38. The van der Waals surface area contributed by atoms with Gasteiger partial charge in [-0.15, -0.1) is 0 Å². The van der Waals surface area contributed by atoms with Crippen molar-refractivity contribution in [2.24, 2.45) is 0 Å². The van der Waals surface area contributed by atoms with Gasteiger partial charge in [0.25, 0.3) is 0 Å². The van der Waals surface area contributed by atoms with Gasteiger partial charge in [-0.05, 0) is 35.9 Å². The molecule has 0 bridgehead atoms. The van der Waals surface area contributed by atoms with Gasteiger partial charge in [0.05, 0.1) is 14.2 Å². The fraction of sp³-hybridized carbons (Fsp3) is 0.188. The molecule has 0 fully saturated rings. The molecule has 0 spiro atoms. The van der Waals surface area contributed by atoms with E-state index in [0.29, 0.717) is 27.1 Å². The van der Waals surface area contributed by atoms with Crippen molar-refractivity contribution in [2.45, 2.75) is 6.42 Å². The second-order valence-corrected chi connectivity index (χ2v) is 5.23. The fourth-order valence-electron chi connectivity index (χ4n) is 2.07. The number of ether oxygens (including phenoxy) is 2. The van der Waals surface area contributed by atoms with Crippen LogP contribution in [0.25, 0.3) is 0 Å². The van der Waals surface area contributed by atoms with Crippen LogP contribution >= 0.6 is 15.9 Å². The summed E-state index contributed by atoms with van der Waals surface area (Å²) in [7, 11) is 2.98. The van der Waals surface area contributed by atoms with Gasteiger partial charge < -0.3 is 9.47 Å². The summed E-state index contributed by atoms with van der Waals surface area (Å²) in [5.41, 5.74) is 0.937. The van der Waals surface area contributed by atoms with Gasteiger partial charge in [-0.2, -0.15) is 0 Å². The monoisotopic (exact) mass is 352 g/mol. The molecule has 0 saturated carbocycles. The minimum Gasteiger partial charge on any atom is -0.496 e. The van der Waals surface area contributed by atoms with Gasteiger partial charge in [0.2, 0.25) is 0 Å². The van der Waals surface area contributed by atoms with Gasteiger partial charge in [-0.25, -0.2) is 4.39 Å². The van der Waals surface area contributed by atoms with E-state index in [-0.39, 0.29) is 18.0 Å². The number of benzene rings is 2. The first-order valence-corrected chi connectivity index (χ1v) is 7.04. The molecule has 0 N–H and O–H groups in total. The lowest BCUT2D eigenvalue weighted by Gasteiger charge is -2.12. The fourth-order valence-corrected chi connectivity index (χ4v) is 2.45. The zero-order valence-electron chi connectivity index (χ0n) is 11.7. The lowest BCUT2D eigenvalue weighted by atomic mass is 10.0. The highest BCUT2D eigenvalue weighted by molar-refractivity contribution is 9.10. The quantitative estimate of drug-likeness (QED) is 0.762. The molecule has 0 amide bonds. The normalized spacial score (nSPS) is 10.3. The molecule has 2 aromatic rings. The van der Waals surface area contributed by atoms with Gasteiger partial charge in [0, 0.05) is 10.9 Å². The highest BCUT2D eigenvalue weighted by atomic mass is 79.9. The number of ketones is 1. The second-order valence-electron chi connectivity index (χ2n) is 4.37. The van der Waals surface area contributed by atoms with Crippen LogP contribution < -0.4 is 9.47 Å². The molecule has 0 radical (unpaired) electrons. The zero-order valence-corrected chi connectivity index (χ0v) is 13.2. The molecule has 0 aromatic heterocycles. The maximum absolute atomic E-state index is 13.3. The van der Waals surface area contributed by atoms with Gasteiger partial charge >= 0.3 is 0 Å². The first-order valence-electron chi connectivity index (χ1n) is 6.25. The Balaban J connectivity index is 2.38. The Labute approximate surface area is 130 Å². The summed E-state index contributed by atoms with van der Waals surface area (Å²) in [6.07, 6.45) is 0.0507. The van der Waals surface area contributed by atoms with Crippen molar-refractivity contribution >= 4 is 21.7 Å². The van der Waals surface area contributed by atoms with E-state index in [9.17, 15) is 9.18 Å². The number of carbonyl (C=O) groups excluding carboxylic acids is 1. The minimum absolute atomic E-state index is 0.0507. The van der Waals surface area contributed by atoms with E-state index in [1.807, 2.05) is 0 Å². The molecule has 0 unspecified atom stereocenters. The van der Waals surface area contributed by atoms with Gasteiger partial charge in [-0.3, -0.25) is 4.79 Å². The van der Waals surface area contributed by atoms with E-state index < -0.39 is 0 Å². The Morgan fingerprint density at radius 3 is 2.33 bits per heavy atom.